The minimum atomic E-state index is 0.299. The predicted molar refractivity (Wildman–Crippen MR) is 78.8 cm³/mol. The van der Waals surface area contributed by atoms with E-state index in [1.165, 1.54) is 0 Å². The molecule has 0 unspecified atom stereocenters. The van der Waals surface area contributed by atoms with Crippen LogP contribution in [0.2, 0.25) is 0 Å². The lowest BCUT2D eigenvalue weighted by Crippen LogP contribution is -2.26. The Morgan fingerprint density at radius 1 is 1.47 bits per heavy atom. The number of rotatable bonds is 2. The molecule has 0 aliphatic carbocycles. The van der Waals surface area contributed by atoms with Crippen molar-refractivity contribution in [3.05, 3.63) is 34.3 Å². The van der Waals surface area contributed by atoms with Gasteiger partial charge in [-0.3, -0.25) is 10.4 Å². The molecule has 1 aliphatic heterocycles. The molecular weight excluding hydrogens is 298 g/mol. The van der Waals surface area contributed by atoms with Gasteiger partial charge < -0.3 is 0 Å². The van der Waals surface area contributed by atoms with Gasteiger partial charge in [0.25, 0.3) is 0 Å². The van der Waals surface area contributed by atoms with E-state index >= 15 is 0 Å². The molecule has 90 valence electrons. The summed E-state index contributed by atoms with van der Waals surface area (Å²) in [4.78, 5) is 4.43. The van der Waals surface area contributed by atoms with Crippen LogP contribution in [-0.4, -0.2) is 22.7 Å². The molecule has 1 N–H and O–H groups in total. The van der Waals surface area contributed by atoms with Gasteiger partial charge in [0.15, 0.2) is 5.17 Å². The molecule has 0 aromatic heterocycles. The molecule has 1 aromatic rings. The summed E-state index contributed by atoms with van der Waals surface area (Å²) < 4.78 is 1.07. The summed E-state index contributed by atoms with van der Waals surface area (Å²) in [6, 6.07) is 8.47. The van der Waals surface area contributed by atoms with Gasteiger partial charge >= 0.3 is 0 Å². The van der Waals surface area contributed by atoms with E-state index in [2.05, 4.69) is 57.4 Å². The summed E-state index contributed by atoms with van der Waals surface area (Å²) in [6.07, 6.45) is 0. The van der Waals surface area contributed by atoms with E-state index in [0.29, 0.717) is 6.04 Å². The van der Waals surface area contributed by atoms with E-state index in [1.807, 2.05) is 12.1 Å². The lowest BCUT2D eigenvalue weighted by Gasteiger charge is -2.15. The molecular formula is C12H14BrN3S. The zero-order chi connectivity index (χ0) is 12.3. The molecule has 0 saturated carbocycles. The Balaban J connectivity index is 2.14. The highest BCUT2D eigenvalue weighted by molar-refractivity contribution is 9.10. The van der Waals surface area contributed by atoms with E-state index in [9.17, 15) is 0 Å². The van der Waals surface area contributed by atoms with Crippen LogP contribution in [0.3, 0.4) is 0 Å². The lowest BCUT2D eigenvalue weighted by atomic mass is 10.1. The molecule has 5 heteroatoms. The van der Waals surface area contributed by atoms with Gasteiger partial charge in [-0.1, -0.05) is 39.8 Å². The molecule has 3 nitrogen and oxygen atoms in total. The molecule has 0 atom stereocenters. The van der Waals surface area contributed by atoms with Crippen LogP contribution >= 0.6 is 27.7 Å². The van der Waals surface area contributed by atoms with Crippen molar-refractivity contribution in [2.75, 3.05) is 5.75 Å². The van der Waals surface area contributed by atoms with Gasteiger partial charge in [0, 0.05) is 16.3 Å². The van der Waals surface area contributed by atoms with Crippen molar-refractivity contribution in [2.45, 2.75) is 19.9 Å². The van der Waals surface area contributed by atoms with Gasteiger partial charge in [-0.2, -0.15) is 5.10 Å². The predicted octanol–water partition coefficient (Wildman–Crippen LogP) is 3.25. The first-order valence-electron chi connectivity index (χ1n) is 5.44. The summed E-state index contributed by atoms with van der Waals surface area (Å²) in [6.45, 7) is 4.12. The molecule has 0 bridgehead atoms. The van der Waals surface area contributed by atoms with Crippen molar-refractivity contribution in [1.29, 1.82) is 0 Å². The Morgan fingerprint density at radius 2 is 2.29 bits per heavy atom. The van der Waals surface area contributed by atoms with Crippen LogP contribution in [0.5, 0.6) is 0 Å². The zero-order valence-electron chi connectivity index (χ0n) is 9.77. The number of nitrogens with zero attached hydrogens (tertiary/aromatic N) is 2. The minimum Gasteiger partial charge on any atom is -0.258 e. The van der Waals surface area contributed by atoms with Gasteiger partial charge in [0.05, 0.1) is 5.71 Å². The number of amidine groups is 1. The summed E-state index contributed by atoms with van der Waals surface area (Å²) >= 11 is 5.16. The maximum atomic E-state index is 4.43. The second kappa shape index (κ2) is 5.69. The molecule has 0 spiro atoms. The third kappa shape index (κ3) is 3.57. The quantitative estimate of drug-likeness (QED) is 0.910. The van der Waals surface area contributed by atoms with Crippen molar-refractivity contribution >= 4 is 38.6 Å². The third-order valence-corrected chi connectivity index (χ3v) is 3.55. The fraction of sp³-hybridized carbons (Fsp3) is 0.333. The number of hydrogen-bond acceptors (Lipinski definition) is 3. The first kappa shape index (κ1) is 12.6. The number of benzene rings is 1. The first-order chi connectivity index (χ1) is 8.15. The average molecular weight is 312 g/mol. The van der Waals surface area contributed by atoms with Crippen LogP contribution in [0.25, 0.3) is 0 Å². The highest BCUT2D eigenvalue weighted by atomic mass is 79.9. The Hall–Kier alpha value is -0.810. The fourth-order valence-corrected chi connectivity index (χ4v) is 2.73. The van der Waals surface area contributed by atoms with Crippen molar-refractivity contribution in [2.24, 2.45) is 10.1 Å². The Morgan fingerprint density at radius 3 is 2.88 bits per heavy atom. The smallest absolute Gasteiger partial charge is 0.177 e. The average Bonchev–Trinajstić information content (AvgIpc) is 2.29. The monoisotopic (exact) mass is 311 g/mol. The van der Waals surface area contributed by atoms with Crippen LogP contribution < -0.4 is 5.43 Å². The van der Waals surface area contributed by atoms with E-state index < -0.39 is 0 Å². The number of nitrogens with one attached hydrogen (secondary N) is 1. The number of halogens is 1. The van der Waals surface area contributed by atoms with Crippen molar-refractivity contribution < 1.29 is 0 Å². The van der Waals surface area contributed by atoms with Gasteiger partial charge in [-0.15, -0.1) is 0 Å². The fourth-order valence-electron chi connectivity index (χ4n) is 1.43. The van der Waals surface area contributed by atoms with Gasteiger partial charge in [0.1, 0.15) is 0 Å². The Kier molecular flexibility index (Phi) is 4.23. The van der Waals surface area contributed by atoms with Crippen LogP contribution in [0.1, 0.15) is 19.4 Å². The number of hydrazone groups is 1. The maximum absolute atomic E-state index is 4.43. The van der Waals surface area contributed by atoms with Crippen LogP contribution in [0.15, 0.2) is 38.8 Å². The summed E-state index contributed by atoms with van der Waals surface area (Å²) in [7, 11) is 0. The zero-order valence-corrected chi connectivity index (χ0v) is 12.2. The molecule has 2 rings (SSSR count). The number of aliphatic imine (C=N–C) groups is 1. The Labute approximate surface area is 114 Å². The molecule has 1 heterocycles. The second-order valence-corrected chi connectivity index (χ2v) is 5.88. The molecule has 1 aromatic carbocycles. The van der Waals surface area contributed by atoms with E-state index in [0.717, 1.165) is 26.7 Å². The van der Waals surface area contributed by atoms with Crippen molar-refractivity contribution in [1.82, 2.24) is 5.43 Å². The summed E-state index contributed by atoms with van der Waals surface area (Å²) in [5, 5.41) is 5.27. The molecule has 0 saturated heterocycles. The SMILES string of the molecule is CC(C)N=C1NN=C(c2cccc(Br)c2)CS1. The van der Waals surface area contributed by atoms with Crippen LogP contribution in [-0.2, 0) is 0 Å². The highest BCUT2D eigenvalue weighted by Crippen LogP contribution is 2.17. The first-order valence-corrected chi connectivity index (χ1v) is 7.22. The van der Waals surface area contributed by atoms with E-state index in [1.54, 1.807) is 11.8 Å². The van der Waals surface area contributed by atoms with Crippen molar-refractivity contribution in [3.8, 4) is 0 Å². The van der Waals surface area contributed by atoms with Crippen LogP contribution in [0, 0.1) is 0 Å². The van der Waals surface area contributed by atoms with Gasteiger partial charge in [0.2, 0.25) is 0 Å². The largest absolute Gasteiger partial charge is 0.258 e. The topological polar surface area (TPSA) is 36.8 Å². The summed E-state index contributed by atoms with van der Waals surface area (Å²) in [5.41, 5.74) is 5.20. The van der Waals surface area contributed by atoms with E-state index in [-0.39, 0.29) is 0 Å². The maximum Gasteiger partial charge on any atom is 0.177 e. The highest BCUT2D eigenvalue weighted by Gasteiger charge is 2.13. The third-order valence-electron chi connectivity index (χ3n) is 2.17. The number of thioether (sulfide) groups is 1. The van der Waals surface area contributed by atoms with E-state index in [4.69, 9.17) is 0 Å². The normalized spacial score (nSPS) is 18.1. The molecule has 0 amide bonds. The lowest BCUT2D eigenvalue weighted by molar-refractivity contribution is 0.826. The molecule has 0 radical (unpaired) electrons. The van der Waals surface area contributed by atoms with Gasteiger partial charge in [-0.05, 0) is 31.5 Å². The van der Waals surface area contributed by atoms with Gasteiger partial charge in [-0.25, -0.2) is 0 Å². The summed E-state index contributed by atoms with van der Waals surface area (Å²) in [5.74, 6) is 0.856. The molecule has 17 heavy (non-hydrogen) atoms. The standard InChI is InChI=1S/C12H14BrN3S/c1-8(2)14-12-16-15-11(7-17-12)9-4-3-5-10(13)6-9/h3-6,8H,7H2,1-2H3,(H,14,16). The van der Waals surface area contributed by atoms with Crippen molar-refractivity contribution in [3.63, 3.8) is 0 Å². The second-order valence-electron chi connectivity index (χ2n) is 4.00. The number of hydrogen-bond donors (Lipinski definition) is 1. The molecule has 1 aliphatic rings. The Bertz CT molecular complexity index is 469. The molecule has 0 fully saturated rings. The minimum absolute atomic E-state index is 0.299. The van der Waals surface area contributed by atoms with Crippen LogP contribution in [0.4, 0.5) is 0 Å².